The van der Waals surface area contributed by atoms with Crippen molar-refractivity contribution in [2.24, 2.45) is 11.7 Å². The second-order valence-corrected chi connectivity index (χ2v) is 4.73. The van der Waals surface area contributed by atoms with Gasteiger partial charge in [-0.05, 0) is 46.7 Å². The molecule has 1 unspecified atom stereocenters. The predicted octanol–water partition coefficient (Wildman–Crippen LogP) is 1.70. The van der Waals surface area contributed by atoms with Crippen molar-refractivity contribution in [1.29, 1.82) is 0 Å². The highest BCUT2D eigenvalue weighted by molar-refractivity contribution is 4.74. The summed E-state index contributed by atoms with van der Waals surface area (Å²) in [6.07, 6.45) is 1.13. The summed E-state index contributed by atoms with van der Waals surface area (Å²) in [5, 5.41) is 0. The minimum absolute atomic E-state index is 0.281. The zero-order chi connectivity index (χ0) is 9.78. The van der Waals surface area contributed by atoms with E-state index in [1.807, 2.05) is 0 Å². The van der Waals surface area contributed by atoms with Gasteiger partial charge in [-0.25, -0.2) is 0 Å². The normalized spacial score (nSPS) is 15.2. The molecule has 0 bridgehead atoms. The average molecular weight is 172 g/mol. The van der Waals surface area contributed by atoms with Gasteiger partial charge < -0.3 is 10.6 Å². The highest BCUT2D eigenvalue weighted by Crippen LogP contribution is 2.13. The molecule has 0 aliphatic rings. The quantitative estimate of drug-likeness (QED) is 0.699. The van der Waals surface area contributed by atoms with Gasteiger partial charge in [-0.3, -0.25) is 0 Å². The van der Waals surface area contributed by atoms with Crippen LogP contribution < -0.4 is 5.73 Å². The summed E-state index contributed by atoms with van der Waals surface area (Å²) < 4.78 is 0. The van der Waals surface area contributed by atoms with Gasteiger partial charge in [-0.1, -0.05) is 6.92 Å². The Hall–Kier alpha value is -0.0800. The van der Waals surface area contributed by atoms with Gasteiger partial charge in [0.25, 0.3) is 0 Å². The molecule has 2 nitrogen and oxygen atoms in total. The number of nitrogens with two attached hydrogens (primary N) is 1. The Labute approximate surface area is 77.1 Å². The molecular weight excluding hydrogens is 148 g/mol. The van der Waals surface area contributed by atoms with Crippen LogP contribution >= 0.6 is 0 Å². The van der Waals surface area contributed by atoms with Crippen molar-refractivity contribution in [1.82, 2.24) is 4.90 Å². The lowest BCUT2D eigenvalue weighted by atomic mass is 10.0. The molecule has 0 heterocycles. The largest absolute Gasteiger partial charge is 0.330 e. The summed E-state index contributed by atoms with van der Waals surface area (Å²) in [5.41, 5.74) is 5.78. The van der Waals surface area contributed by atoms with Crippen LogP contribution in [-0.4, -0.2) is 30.6 Å². The molecule has 0 aliphatic carbocycles. The van der Waals surface area contributed by atoms with Crippen LogP contribution in [0.15, 0.2) is 0 Å². The summed E-state index contributed by atoms with van der Waals surface area (Å²) in [7, 11) is 2.17. The van der Waals surface area contributed by atoms with Crippen LogP contribution in [0, 0.1) is 5.92 Å². The first-order chi connectivity index (χ1) is 5.38. The van der Waals surface area contributed by atoms with E-state index in [-0.39, 0.29) is 5.54 Å². The third-order valence-corrected chi connectivity index (χ3v) is 2.39. The maximum atomic E-state index is 5.50. The minimum atomic E-state index is 0.281. The number of hydrogen-bond donors (Lipinski definition) is 1. The Morgan fingerprint density at radius 3 is 2.17 bits per heavy atom. The molecule has 0 aromatic rings. The summed E-state index contributed by atoms with van der Waals surface area (Å²) >= 11 is 0. The molecular formula is C10H24N2. The topological polar surface area (TPSA) is 29.3 Å². The highest BCUT2D eigenvalue weighted by atomic mass is 15.2. The molecule has 0 aromatic heterocycles. The summed E-state index contributed by atoms with van der Waals surface area (Å²) in [5.74, 6) is 0.708. The molecule has 0 radical (unpaired) electrons. The van der Waals surface area contributed by atoms with Gasteiger partial charge in [-0.2, -0.15) is 0 Å². The van der Waals surface area contributed by atoms with Gasteiger partial charge in [0.05, 0.1) is 0 Å². The zero-order valence-corrected chi connectivity index (χ0v) is 9.22. The van der Waals surface area contributed by atoms with E-state index in [9.17, 15) is 0 Å². The Balaban J connectivity index is 3.76. The van der Waals surface area contributed by atoms with Gasteiger partial charge in [0.1, 0.15) is 0 Å². The van der Waals surface area contributed by atoms with E-state index in [2.05, 4.69) is 39.6 Å². The van der Waals surface area contributed by atoms with Crippen LogP contribution in [0.1, 0.15) is 34.1 Å². The van der Waals surface area contributed by atoms with Gasteiger partial charge in [0.2, 0.25) is 0 Å². The van der Waals surface area contributed by atoms with Crippen LogP contribution in [-0.2, 0) is 0 Å². The fourth-order valence-corrected chi connectivity index (χ4v) is 1.12. The molecule has 0 amide bonds. The summed E-state index contributed by atoms with van der Waals surface area (Å²) in [6.45, 7) is 10.9. The van der Waals surface area contributed by atoms with E-state index in [0.29, 0.717) is 5.92 Å². The van der Waals surface area contributed by atoms with Crippen molar-refractivity contribution in [3.8, 4) is 0 Å². The zero-order valence-electron chi connectivity index (χ0n) is 9.22. The molecule has 0 spiro atoms. The third kappa shape index (κ3) is 4.73. The standard InChI is InChI=1S/C10H24N2/c1-9(6-7-11)8-12(5)10(2,3)4/h9H,6-8,11H2,1-5H3. The molecule has 0 saturated heterocycles. The smallest absolute Gasteiger partial charge is 0.0122 e. The van der Waals surface area contributed by atoms with Crippen LogP contribution in [0.2, 0.25) is 0 Å². The van der Waals surface area contributed by atoms with E-state index in [4.69, 9.17) is 5.73 Å². The van der Waals surface area contributed by atoms with E-state index in [1.165, 1.54) is 0 Å². The second-order valence-electron chi connectivity index (χ2n) is 4.73. The molecule has 1 atom stereocenters. The maximum Gasteiger partial charge on any atom is 0.0122 e. The van der Waals surface area contributed by atoms with E-state index >= 15 is 0 Å². The van der Waals surface area contributed by atoms with Crippen molar-refractivity contribution < 1.29 is 0 Å². The fraction of sp³-hybridized carbons (Fsp3) is 1.00. The van der Waals surface area contributed by atoms with E-state index < -0.39 is 0 Å². The van der Waals surface area contributed by atoms with Crippen LogP contribution in [0.3, 0.4) is 0 Å². The minimum Gasteiger partial charge on any atom is -0.330 e. The second kappa shape index (κ2) is 4.83. The molecule has 0 rings (SSSR count). The maximum absolute atomic E-state index is 5.50. The molecule has 12 heavy (non-hydrogen) atoms. The monoisotopic (exact) mass is 172 g/mol. The van der Waals surface area contributed by atoms with Crippen molar-refractivity contribution >= 4 is 0 Å². The molecule has 2 N–H and O–H groups in total. The van der Waals surface area contributed by atoms with Crippen LogP contribution in [0.5, 0.6) is 0 Å². The Bertz CT molecular complexity index is 115. The highest BCUT2D eigenvalue weighted by Gasteiger charge is 2.18. The van der Waals surface area contributed by atoms with Gasteiger partial charge >= 0.3 is 0 Å². The van der Waals surface area contributed by atoms with Gasteiger partial charge in [0, 0.05) is 12.1 Å². The van der Waals surface area contributed by atoms with Crippen molar-refractivity contribution in [3.05, 3.63) is 0 Å². The molecule has 74 valence electrons. The molecule has 0 aliphatic heterocycles. The van der Waals surface area contributed by atoms with Crippen molar-refractivity contribution in [3.63, 3.8) is 0 Å². The van der Waals surface area contributed by atoms with Crippen LogP contribution in [0.4, 0.5) is 0 Å². The Morgan fingerprint density at radius 2 is 1.83 bits per heavy atom. The fourth-order valence-electron chi connectivity index (χ4n) is 1.12. The lowest BCUT2D eigenvalue weighted by Gasteiger charge is -2.33. The first-order valence-electron chi connectivity index (χ1n) is 4.79. The summed E-state index contributed by atoms with van der Waals surface area (Å²) in [6, 6.07) is 0. The van der Waals surface area contributed by atoms with Crippen LogP contribution in [0.25, 0.3) is 0 Å². The Kier molecular flexibility index (Phi) is 4.80. The molecule has 0 saturated carbocycles. The van der Waals surface area contributed by atoms with Crippen molar-refractivity contribution in [2.75, 3.05) is 20.1 Å². The Morgan fingerprint density at radius 1 is 1.33 bits per heavy atom. The van der Waals surface area contributed by atoms with E-state index in [0.717, 1.165) is 19.5 Å². The summed E-state index contributed by atoms with van der Waals surface area (Å²) in [4.78, 5) is 2.38. The number of nitrogens with zero attached hydrogens (tertiary/aromatic N) is 1. The van der Waals surface area contributed by atoms with E-state index in [1.54, 1.807) is 0 Å². The molecule has 2 heteroatoms. The predicted molar refractivity (Wildman–Crippen MR) is 55.2 cm³/mol. The average Bonchev–Trinajstić information content (AvgIpc) is 1.85. The van der Waals surface area contributed by atoms with Crippen molar-refractivity contribution in [2.45, 2.75) is 39.7 Å². The SMILES string of the molecule is CC(CCN)CN(C)C(C)(C)C. The third-order valence-electron chi connectivity index (χ3n) is 2.39. The first kappa shape index (κ1) is 11.9. The van der Waals surface area contributed by atoms with Gasteiger partial charge in [-0.15, -0.1) is 0 Å². The number of hydrogen-bond acceptors (Lipinski definition) is 2. The molecule has 0 fully saturated rings. The van der Waals surface area contributed by atoms with Gasteiger partial charge in [0.15, 0.2) is 0 Å². The first-order valence-corrected chi connectivity index (χ1v) is 4.79. The number of rotatable bonds is 4. The lowest BCUT2D eigenvalue weighted by molar-refractivity contribution is 0.151. The lowest BCUT2D eigenvalue weighted by Crippen LogP contribution is -2.40. The molecule has 0 aromatic carbocycles.